The molecule has 4 heteroatoms. The van der Waals surface area contributed by atoms with Gasteiger partial charge in [0.15, 0.2) is 17.5 Å². The zero-order valence-corrected chi connectivity index (χ0v) is 29.2. The Kier molecular flexibility index (Phi) is 8.39. The Morgan fingerprint density at radius 2 is 0.792 bits per heavy atom. The molecule has 9 rings (SSSR count). The van der Waals surface area contributed by atoms with Crippen LogP contribution in [-0.4, -0.2) is 19.9 Å². The highest BCUT2D eigenvalue weighted by atomic mass is 15.0. The number of hydrogen-bond donors (Lipinski definition) is 0. The van der Waals surface area contributed by atoms with Crippen LogP contribution in [0.5, 0.6) is 0 Å². The maximum Gasteiger partial charge on any atom is 0.164 e. The highest BCUT2D eigenvalue weighted by Crippen LogP contribution is 2.37. The average Bonchev–Trinajstić information content (AvgIpc) is 3.24. The molecule has 2 aromatic heterocycles. The second-order valence-corrected chi connectivity index (χ2v) is 13.2. The van der Waals surface area contributed by atoms with Crippen molar-refractivity contribution in [2.75, 3.05) is 0 Å². The van der Waals surface area contributed by atoms with Crippen LogP contribution in [0.3, 0.4) is 0 Å². The molecule has 0 aliphatic rings. The highest BCUT2D eigenvalue weighted by Gasteiger charge is 2.16. The van der Waals surface area contributed by atoms with Crippen molar-refractivity contribution in [3.05, 3.63) is 194 Å². The third-order valence-electron chi connectivity index (χ3n) is 9.65. The first-order chi connectivity index (χ1) is 26.1. The quantitative estimate of drug-likeness (QED) is 0.168. The Morgan fingerprint density at radius 1 is 0.321 bits per heavy atom. The minimum Gasteiger partial charge on any atom is -0.261 e. The minimum absolute atomic E-state index is 0.625. The molecule has 2 heterocycles. The van der Waals surface area contributed by atoms with Gasteiger partial charge in [0, 0.05) is 34.1 Å². The molecular weight excluding hydrogens is 645 g/mol. The molecule has 53 heavy (non-hydrogen) atoms. The molecule has 0 radical (unpaired) electrons. The van der Waals surface area contributed by atoms with Gasteiger partial charge in [-0.2, -0.15) is 0 Å². The van der Waals surface area contributed by atoms with Crippen LogP contribution in [0.25, 0.3) is 89.4 Å². The summed E-state index contributed by atoms with van der Waals surface area (Å²) in [4.78, 5) is 19.6. The second-order valence-electron chi connectivity index (χ2n) is 13.2. The van der Waals surface area contributed by atoms with Gasteiger partial charge in [-0.05, 0) is 87.0 Å². The molecule has 0 fully saturated rings. The van der Waals surface area contributed by atoms with Crippen molar-refractivity contribution < 1.29 is 0 Å². The molecule has 250 valence electrons. The summed E-state index contributed by atoms with van der Waals surface area (Å²) >= 11 is 0. The van der Waals surface area contributed by atoms with Gasteiger partial charge in [0.2, 0.25) is 0 Å². The number of hydrogen-bond acceptors (Lipinski definition) is 4. The van der Waals surface area contributed by atoms with Gasteiger partial charge < -0.3 is 0 Å². The summed E-state index contributed by atoms with van der Waals surface area (Å²) in [6, 6.07) is 63.6. The second kappa shape index (κ2) is 13.9. The van der Waals surface area contributed by atoms with Crippen molar-refractivity contribution in [2.45, 2.75) is 6.92 Å². The molecule has 4 nitrogen and oxygen atoms in total. The molecule has 0 aliphatic heterocycles. The molecule has 0 atom stereocenters. The van der Waals surface area contributed by atoms with Gasteiger partial charge in [-0.1, -0.05) is 152 Å². The SMILES string of the molecule is Cc1ccc(-c2cccc(-c3ccc(-c4cc(-c5nc(-c6ccccc6)nc(-c6ccccc6)n5)cc(-c5cccc6ccccc56)c4)cc3)c2)cn1. The number of fused-ring (bicyclic) bond motifs is 1. The van der Waals surface area contributed by atoms with Crippen LogP contribution in [0.15, 0.2) is 188 Å². The summed E-state index contributed by atoms with van der Waals surface area (Å²) in [5, 5.41) is 2.39. The fourth-order valence-electron chi connectivity index (χ4n) is 6.87. The van der Waals surface area contributed by atoms with Crippen molar-refractivity contribution in [1.29, 1.82) is 0 Å². The molecule has 7 aromatic carbocycles. The van der Waals surface area contributed by atoms with E-state index in [1.807, 2.05) is 73.8 Å². The van der Waals surface area contributed by atoms with E-state index < -0.39 is 0 Å². The lowest BCUT2D eigenvalue weighted by Crippen LogP contribution is -2.00. The van der Waals surface area contributed by atoms with Gasteiger partial charge in [0.1, 0.15) is 0 Å². The lowest BCUT2D eigenvalue weighted by Gasteiger charge is -2.14. The molecule has 0 unspecified atom stereocenters. The number of aryl methyl sites for hydroxylation is 1. The number of rotatable bonds is 7. The van der Waals surface area contributed by atoms with Crippen LogP contribution >= 0.6 is 0 Å². The molecule has 0 N–H and O–H groups in total. The molecule has 0 amide bonds. The molecule has 0 aliphatic carbocycles. The first-order valence-electron chi connectivity index (χ1n) is 17.8. The van der Waals surface area contributed by atoms with Crippen LogP contribution in [0.2, 0.25) is 0 Å². The van der Waals surface area contributed by atoms with Gasteiger partial charge >= 0.3 is 0 Å². The highest BCUT2D eigenvalue weighted by molar-refractivity contribution is 5.98. The average molecular weight is 679 g/mol. The van der Waals surface area contributed by atoms with Crippen LogP contribution in [0.4, 0.5) is 0 Å². The monoisotopic (exact) mass is 678 g/mol. The van der Waals surface area contributed by atoms with E-state index in [9.17, 15) is 0 Å². The van der Waals surface area contributed by atoms with E-state index in [1.54, 1.807) is 0 Å². The summed E-state index contributed by atoms with van der Waals surface area (Å²) in [5.41, 5.74) is 12.8. The van der Waals surface area contributed by atoms with Crippen molar-refractivity contribution >= 4 is 10.8 Å². The summed E-state index contributed by atoms with van der Waals surface area (Å²) in [5.74, 6) is 1.90. The number of benzene rings is 7. The molecule has 0 saturated carbocycles. The maximum atomic E-state index is 5.10. The maximum absolute atomic E-state index is 5.10. The van der Waals surface area contributed by atoms with Crippen LogP contribution in [0, 0.1) is 6.92 Å². The predicted molar refractivity (Wildman–Crippen MR) is 218 cm³/mol. The van der Waals surface area contributed by atoms with Gasteiger partial charge in [-0.15, -0.1) is 0 Å². The topological polar surface area (TPSA) is 51.6 Å². The first kappa shape index (κ1) is 31.9. The number of aromatic nitrogens is 4. The fourth-order valence-corrected chi connectivity index (χ4v) is 6.87. The Labute approximate surface area is 309 Å². The Morgan fingerprint density at radius 3 is 1.45 bits per heavy atom. The van der Waals surface area contributed by atoms with E-state index >= 15 is 0 Å². The van der Waals surface area contributed by atoms with Crippen LogP contribution < -0.4 is 0 Å². The number of pyridine rings is 1. The molecule has 0 bridgehead atoms. The molecule has 9 aromatic rings. The summed E-state index contributed by atoms with van der Waals surface area (Å²) in [6.45, 7) is 2.01. The lowest BCUT2D eigenvalue weighted by atomic mass is 9.92. The lowest BCUT2D eigenvalue weighted by molar-refractivity contribution is 1.07. The van der Waals surface area contributed by atoms with E-state index in [1.165, 1.54) is 10.8 Å². The normalized spacial score (nSPS) is 11.1. The number of nitrogens with zero attached hydrogens (tertiary/aromatic N) is 4. The predicted octanol–water partition coefficient (Wildman–Crippen LogP) is 12.4. The van der Waals surface area contributed by atoms with Gasteiger partial charge in [0.25, 0.3) is 0 Å². The zero-order chi connectivity index (χ0) is 35.6. The molecule has 0 saturated heterocycles. The Hall–Kier alpha value is -7.04. The van der Waals surface area contributed by atoms with Crippen molar-refractivity contribution in [1.82, 2.24) is 19.9 Å². The first-order valence-corrected chi connectivity index (χ1v) is 17.8. The Bertz CT molecular complexity index is 2640. The summed E-state index contributed by atoms with van der Waals surface area (Å²) in [7, 11) is 0. The van der Waals surface area contributed by atoms with E-state index in [0.29, 0.717) is 17.5 Å². The van der Waals surface area contributed by atoms with Gasteiger partial charge in [-0.3, -0.25) is 4.98 Å². The third-order valence-corrected chi connectivity index (χ3v) is 9.65. The largest absolute Gasteiger partial charge is 0.261 e. The van der Waals surface area contributed by atoms with Crippen molar-refractivity contribution in [2.24, 2.45) is 0 Å². The van der Waals surface area contributed by atoms with Gasteiger partial charge in [0.05, 0.1) is 0 Å². The van der Waals surface area contributed by atoms with Gasteiger partial charge in [-0.25, -0.2) is 15.0 Å². The minimum atomic E-state index is 0.625. The summed E-state index contributed by atoms with van der Waals surface area (Å²) in [6.07, 6.45) is 1.94. The van der Waals surface area contributed by atoms with E-state index in [2.05, 4.69) is 126 Å². The third kappa shape index (κ3) is 6.62. The smallest absolute Gasteiger partial charge is 0.164 e. The standard InChI is InChI=1S/C49H34N4/c1-33-22-23-41(32-50-33)40-19-10-18-39(28-40)34-24-26-35(27-25-34)42-29-43(46-21-11-17-36-12-8-9-20-45(36)46)31-44(30-42)49-52-47(37-13-4-2-5-14-37)51-48(53-49)38-15-6-3-7-16-38/h2-32H,1H3. The van der Waals surface area contributed by atoms with E-state index in [-0.39, 0.29) is 0 Å². The fraction of sp³-hybridized carbons (Fsp3) is 0.0204. The molecular formula is C49H34N4. The van der Waals surface area contributed by atoms with Crippen molar-refractivity contribution in [3.63, 3.8) is 0 Å². The Balaban J connectivity index is 1.18. The van der Waals surface area contributed by atoms with E-state index in [0.717, 1.165) is 66.9 Å². The summed E-state index contributed by atoms with van der Waals surface area (Å²) < 4.78 is 0. The molecule has 0 spiro atoms. The van der Waals surface area contributed by atoms with Crippen LogP contribution in [-0.2, 0) is 0 Å². The van der Waals surface area contributed by atoms with E-state index in [4.69, 9.17) is 15.0 Å². The van der Waals surface area contributed by atoms with Crippen molar-refractivity contribution in [3.8, 4) is 78.7 Å². The van der Waals surface area contributed by atoms with Crippen LogP contribution in [0.1, 0.15) is 5.69 Å². The zero-order valence-electron chi connectivity index (χ0n) is 29.2.